The number of hydrogen-bond donors (Lipinski definition) is 1. The first kappa shape index (κ1) is 27.8. The zero-order valence-electron chi connectivity index (χ0n) is 19.6. The molecule has 11 heteroatoms. The van der Waals surface area contributed by atoms with Gasteiger partial charge in [0, 0.05) is 12.6 Å². The van der Waals surface area contributed by atoms with E-state index in [0.29, 0.717) is 6.54 Å². The number of amides is 1. The Morgan fingerprint density at radius 3 is 1.94 bits per heavy atom. The van der Waals surface area contributed by atoms with Crippen LogP contribution in [0.1, 0.15) is 48.0 Å². The van der Waals surface area contributed by atoms with E-state index < -0.39 is 26.7 Å². The summed E-state index contributed by atoms with van der Waals surface area (Å²) in [6.45, 7) is 12.4. The van der Waals surface area contributed by atoms with Crippen molar-refractivity contribution in [3.63, 3.8) is 0 Å². The highest BCUT2D eigenvalue weighted by Crippen LogP contribution is 2.50. The zero-order chi connectivity index (χ0) is 23.4. The van der Waals surface area contributed by atoms with Crippen LogP contribution in [-0.4, -0.2) is 69.3 Å². The first-order valence-electron chi connectivity index (χ1n) is 10.8. The minimum atomic E-state index is -3.88. The number of phosphoric acid groups is 1. The van der Waals surface area contributed by atoms with E-state index in [-0.39, 0.29) is 50.2 Å². The second kappa shape index (κ2) is 14.1. The molecule has 0 bridgehead atoms. The van der Waals surface area contributed by atoms with E-state index in [1.54, 1.807) is 0 Å². The predicted molar refractivity (Wildman–Crippen MR) is 115 cm³/mol. The van der Waals surface area contributed by atoms with Crippen LogP contribution in [0, 0.1) is 17.8 Å². The van der Waals surface area contributed by atoms with Crippen molar-refractivity contribution in [3.8, 4) is 0 Å². The van der Waals surface area contributed by atoms with Crippen LogP contribution in [0.4, 0.5) is 4.79 Å². The quantitative estimate of drug-likeness (QED) is 0.220. The van der Waals surface area contributed by atoms with Gasteiger partial charge in [-0.05, 0) is 30.7 Å². The Balaban J connectivity index is 2.61. The molecular weight excluding hydrogens is 427 g/mol. The van der Waals surface area contributed by atoms with Gasteiger partial charge in [-0.1, -0.05) is 41.5 Å². The Morgan fingerprint density at radius 1 is 0.935 bits per heavy atom. The lowest BCUT2D eigenvalue weighted by Gasteiger charge is -2.32. The Bertz CT molecular complexity index is 580. The zero-order valence-corrected chi connectivity index (χ0v) is 20.5. The van der Waals surface area contributed by atoms with E-state index in [2.05, 4.69) is 5.32 Å². The van der Waals surface area contributed by atoms with Crippen molar-refractivity contribution in [2.45, 2.75) is 54.0 Å². The monoisotopic (exact) mass is 466 g/mol. The second-order valence-corrected chi connectivity index (χ2v) is 10.5. The summed E-state index contributed by atoms with van der Waals surface area (Å²) in [5.41, 5.74) is 0. The molecule has 1 aliphatic rings. The summed E-state index contributed by atoms with van der Waals surface area (Å²) in [7, 11) is -3.88. The molecular formula is C20H39N2O8P. The molecule has 1 atom stereocenters. The third kappa shape index (κ3) is 12.4. The standard InChI is InChI=1S/C20H39N2O8P/c1-15(2)11-26-19(23)10-22(9-18-7-8-21-18)20(24)27-14-30-31(25,28-12-16(3)4)29-13-17(5)6/h15-18,21H,7-14H2,1-6H3/t18-/m1/s1. The molecule has 182 valence electrons. The SMILES string of the molecule is CC(C)COC(=O)CN(C[C@H]1CCN1)C(=O)OCOP(=O)(OCC(C)C)OCC(C)C. The fourth-order valence-electron chi connectivity index (χ4n) is 2.26. The maximum absolute atomic E-state index is 12.8. The van der Waals surface area contributed by atoms with Crippen LogP contribution >= 0.6 is 7.82 Å². The van der Waals surface area contributed by atoms with E-state index in [9.17, 15) is 14.2 Å². The molecule has 1 N–H and O–H groups in total. The molecule has 0 aromatic carbocycles. The average molecular weight is 467 g/mol. The topological polar surface area (TPSA) is 113 Å². The van der Waals surface area contributed by atoms with Crippen molar-refractivity contribution in [1.29, 1.82) is 0 Å². The summed E-state index contributed by atoms with van der Waals surface area (Å²) >= 11 is 0. The molecule has 1 amide bonds. The van der Waals surface area contributed by atoms with Crippen LogP contribution in [0.5, 0.6) is 0 Å². The molecule has 31 heavy (non-hydrogen) atoms. The lowest BCUT2D eigenvalue weighted by Crippen LogP contribution is -2.52. The van der Waals surface area contributed by atoms with Gasteiger partial charge in [0.2, 0.25) is 6.79 Å². The summed E-state index contributed by atoms with van der Waals surface area (Å²) in [6, 6.07) is 0.0845. The number of phosphoric ester groups is 1. The van der Waals surface area contributed by atoms with Gasteiger partial charge in [0.1, 0.15) is 6.54 Å². The second-order valence-electron chi connectivity index (χ2n) is 8.88. The fraction of sp³-hybridized carbons (Fsp3) is 0.900. The summed E-state index contributed by atoms with van der Waals surface area (Å²) in [4.78, 5) is 25.8. The maximum Gasteiger partial charge on any atom is 0.477 e. The molecule has 10 nitrogen and oxygen atoms in total. The lowest BCUT2D eigenvalue weighted by atomic mass is 10.1. The molecule has 0 spiro atoms. The third-order valence-electron chi connectivity index (χ3n) is 4.05. The van der Waals surface area contributed by atoms with E-state index in [4.69, 9.17) is 23.0 Å². The van der Waals surface area contributed by atoms with Crippen molar-refractivity contribution in [1.82, 2.24) is 10.2 Å². The van der Waals surface area contributed by atoms with Gasteiger partial charge in [0.15, 0.2) is 0 Å². The largest absolute Gasteiger partial charge is 0.477 e. The Morgan fingerprint density at radius 2 is 1.48 bits per heavy atom. The average Bonchev–Trinajstić information content (AvgIpc) is 2.65. The Hall–Kier alpha value is -1.19. The molecule has 1 fully saturated rings. The molecule has 1 saturated heterocycles. The van der Waals surface area contributed by atoms with Gasteiger partial charge in [-0.3, -0.25) is 18.7 Å². The molecule has 1 rings (SSSR count). The highest BCUT2D eigenvalue weighted by atomic mass is 31.2. The third-order valence-corrected chi connectivity index (χ3v) is 5.40. The number of carbonyl (C=O) groups is 2. The molecule has 0 aromatic heterocycles. The smallest absolute Gasteiger partial charge is 0.464 e. The summed E-state index contributed by atoms with van der Waals surface area (Å²) in [6.07, 6.45) is 0.122. The number of nitrogens with one attached hydrogen (secondary N) is 1. The number of nitrogens with zero attached hydrogens (tertiary/aromatic N) is 1. The first-order valence-corrected chi connectivity index (χ1v) is 12.3. The Kier molecular flexibility index (Phi) is 12.6. The molecule has 1 heterocycles. The number of esters is 1. The van der Waals surface area contributed by atoms with Gasteiger partial charge in [0.05, 0.1) is 19.8 Å². The Labute approximate surface area is 185 Å². The molecule has 0 aromatic rings. The number of rotatable bonds is 15. The van der Waals surface area contributed by atoms with Gasteiger partial charge in [-0.15, -0.1) is 0 Å². The van der Waals surface area contributed by atoms with E-state index in [0.717, 1.165) is 13.0 Å². The number of hydrogen-bond acceptors (Lipinski definition) is 9. The minimum Gasteiger partial charge on any atom is -0.464 e. The summed E-state index contributed by atoms with van der Waals surface area (Å²) in [5, 5.41) is 3.17. The highest BCUT2D eigenvalue weighted by Gasteiger charge is 2.30. The van der Waals surface area contributed by atoms with Crippen molar-refractivity contribution in [2.24, 2.45) is 17.8 Å². The molecule has 0 saturated carbocycles. The highest BCUT2D eigenvalue weighted by molar-refractivity contribution is 7.48. The molecule has 1 aliphatic heterocycles. The fourth-order valence-corrected chi connectivity index (χ4v) is 3.63. The van der Waals surface area contributed by atoms with Crippen LogP contribution in [-0.2, 0) is 32.4 Å². The van der Waals surface area contributed by atoms with Crippen LogP contribution in [0.2, 0.25) is 0 Å². The van der Waals surface area contributed by atoms with Crippen LogP contribution in [0.15, 0.2) is 0 Å². The van der Waals surface area contributed by atoms with Crippen molar-refractivity contribution >= 4 is 19.9 Å². The summed E-state index contributed by atoms with van der Waals surface area (Å²) < 4.78 is 38.9. The molecule has 0 unspecified atom stereocenters. The number of carbonyl (C=O) groups excluding carboxylic acids is 2. The van der Waals surface area contributed by atoms with Crippen molar-refractivity contribution in [2.75, 3.05) is 46.2 Å². The van der Waals surface area contributed by atoms with E-state index >= 15 is 0 Å². The van der Waals surface area contributed by atoms with Gasteiger partial charge in [-0.2, -0.15) is 0 Å². The van der Waals surface area contributed by atoms with Crippen molar-refractivity contribution < 1.29 is 37.2 Å². The van der Waals surface area contributed by atoms with Gasteiger partial charge >= 0.3 is 19.9 Å². The van der Waals surface area contributed by atoms with Gasteiger partial charge < -0.3 is 14.8 Å². The molecule has 0 aliphatic carbocycles. The maximum atomic E-state index is 12.8. The van der Waals surface area contributed by atoms with Crippen LogP contribution in [0.25, 0.3) is 0 Å². The predicted octanol–water partition coefficient (Wildman–Crippen LogP) is 3.41. The van der Waals surface area contributed by atoms with Crippen LogP contribution < -0.4 is 5.32 Å². The lowest BCUT2D eigenvalue weighted by molar-refractivity contribution is -0.146. The van der Waals surface area contributed by atoms with Gasteiger partial charge in [-0.25, -0.2) is 13.9 Å². The number of ether oxygens (including phenoxy) is 2. The van der Waals surface area contributed by atoms with Gasteiger partial charge in [0.25, 0.3) is 0 Å². The minimum absolute atomic E-state index is 0.0845. The first-order chi connectivity index (χ1) is 14.5. The normalized spacial score (nSPS) is 16.5. The van der Waals surface area contributed by atoms with E-state index in [1.807, 2.05) is 41.5 Å². The van der Waals surface area contributed by atoms with Crippen molar-refractivity contribution in [3.05, 3.63) is 0 Å². The molecule has 0 radical (unpaired) electrons. The van der Waals surface area contributed by atoms with E-state index in [1.165, 1.54) is 4.90 Å². The summed E-state index contributed by atoms with van der Waals surface area (Å²) in [5.74, 6) is -0.0946. The van der Waals surface area contributed by atoms with Crippen LogP contribution in [0.3, 0.4) is 0 Å².